The Morgan fingerprint density at radius 1 is 1.17 bits per heavy atom. The van der Waals surface area contributed by atoms with E-state index in [0.29, 0.717) is 12.1 Å². The minimum absolute atomic E-state index is 0.531. The lowest BCUT2D eigenvalue weighted by atomic mass is 9.99. The van der Waals surface area contributed by atoms with Crippen molar-refractivity contribution in [2.45, 2.75) is 12.1 Å². The quantitative estimate of drug-likeness (QED) is 0.610. The van der Waals surface area contributed by atoms with Gasteiger partial charge < -0.3 is 0 Å². The molecule has 0 radical (unpaired) electrons. The number of nitriles is 1. The normalized spacial score (nSPS) is 12.1. The van der Waals surface area contributed by atoms with E-state index in [2.05, 4.69) is 0 Å². The molecule has 0 aliphatic rings. The van der Waals surface area contributed by atoms with Gasteiger partial charge in [0.15, 0.2) is 0 Å². The van der Waals surface area contributed by atoms with Gasteiger partial charge in [0.05, 0.1) is 5.56 Å². The molecule has 0 bridgehead atoms. The zero-order chi connectivity index (χ0) is 14.1. The number of ketones is 1. The molecule has 18 heavy (non-hydrogen) atoms. The minimum Gasteiger partial charge on any atom is -0.287 e. The molecule has 0 heterocycles. The van der Waals surface area contributed by atoms with Crippen LogP contribution in [0.4, 0.5) is 26.3 Å². The molecule has 1 aromatic rings. The molecule has 0 unspecified atom stereocenters. The summed E-state index contributed by atoms with van der Waals surface area (Å²) in [7, 11) is 0. The summed E-state index contributed by atoms with van der Waals surface area (Å²) in [5, 5.41) is 8.45. The SMILES string of the molecule is N#Cc1c(F)cccc1C(=O)C(F)(F)C(F)(F)F. The summed E-state index contributed by atoms with van der Waals surface area (Å²) in [6.07, 6.45) is -6.11. The third-order valence-electron chi connectivity index (χ3n) is 2.01. The molecule has 0 fully saturated rings. The van der Waals surface area contributed by atoms with Crippen LogP contribution in [0.3, 0.4) is 0 Å². The molecule has 0 atom stereocenters. The molecule has 0 N–H and O–H groups in total. The van der Waals surface area contributed by atoms with Gasteiger partial charge in [0.1, 0.15) is 11.9 Å². The summed E-state index contributed by atoms with van der Waals surface area (Å²) < 4.78 is 74.4. The van der Waals surface area contributed by atoms with Crippen molar-refractivity contribution < 1.29 is 31.1 Å². The maximum atomic E-state index is 13.0. The lowest BCUT2D eigenvalue weighted by molar-refractivity contribution is -0.255. The summed E-state index contributed by atoms with van der Waals surface area (Å²) >= 11 is 0. The highest BCUT2D eigenvalue weighted by Gasteiger charge is 2.63. The van der Waals surface area contributed by atoms with E-state index < -0.39 is 34.8 Å². The third kappa shape index (κ3) is 2.16. The fraction of sp³-hybridized carbons (Fsp3) is 0.200. The molecule has 0 amide bonds. The number of nitrogens with zero attached hydrogens (tertiary/aromatic N) is 1. The van der Waals surface area contributed by atoms with Crippen LogP contribution < -0.4 is 0 Å². The van der Waals surface area contributed by atoms with Gasteiger partial charge in [-0.05, 0) is 12.1 Å². The number of carbonyl (C=O) groups excluding carboxylic acids is 1. The highest BCUT2D eigenvalue weighted by atomic mass is 19.4. The Labute approximate surface area is 96.4 Å². The van der Waals surface area contributed by atoms with E-state index in [4.69, 9.17) is 5.26 Å². The molecule has 1 aromatic carbocycles. The molecular weight excluding hydrogens is 264 g/mol. The smallest absolute Gasteiger partial charge is 0.287 e. The second-order valence-electron chi connectivity index (χ2n) is 3.18. The number of carbonyl (C=O) groups is 1. The molecule has 0 saturated carbocycles. The van der Waals surface area contributed by atoms with Crippen molar-refractivity contribution in [3.05, 3.63) is 35.1 Å². The molecular formula is C10H3F6NO. The summed E-state index contributed by atoms with van der Waals surface area (Å²) in [6, 6.07) is 3.03. The Bertz CT molecular complexity index is 528. The van der Waals surface area contributed by atoms with E-state index in [0.717, 1.165) is 12.1 Å². The van der Waals surface area contributed by atoms with Crippen LogP contribution in [0, 0.1) is 17.1 Å². The molecule has 8 heteroatoms. The molecule has 1 rings (SSSR count). The van der Waals surface area contributed by atoms with Gasteiger partial charge in [-0.25, -0.2) is 4.39 Å². The van der Waals surface area contributed by atoms with Crippen LogP contribution >= 0.6 is 0 Å². The van der Waals surface area contributed by atoms with Crippen molar-refractivity contribution in [2.75, 3.05) is 0 Å². The summed E-state index contributed by atoms with van der Waals surface area (Å²) in [4.78, 5) is 11.1. The van der Waals surface area contributed by atoms with Gasteiger partial charge in [0.25, 0.3) is 0 Å². The van der Waals surface area contributed by atoms with Crippen molar-refractivity contribution in [1.29, 1.82) is 5.26 Å². The van der Waals surface area contributed by atoms with E-state index >= 15 is 0 Å². The number of alkyl halides is 5. The third-order valence-corrected chi connectivity index (χ3v) is 2.01. The summed E-state index contributed by atoms with van der Waals surface area (Å²) in [5.41, 5.74) is -2.45. The highest BCUT2D eigenvalue weighted by Crippen LogP contribution is 2.38. The van der Waals surface area contributed by atoms with Crippen molar-refractivity contribution in [3.63, 3.8) is 0 Å². The van der Waals surface area contributed by atoms with Gasteiger partial charge in [-0.15, -0.1) is 0 Å². The van der Waals surface area contributed by atoms with E-state index in [1.54, 1.807) is 0 Å². The average molecular weight is 267 g/mol. The number of Topliss-reactive ketones (excluding diaryl/α,β-unsaturated/α-hetero) is 1. The van der Waals surface area contributed by atoms with Gasteiger partial charge >= 0.3 is 12.1 Å². The van der Waals surface area contributed by atoms with Crippen LogP contribution in [0.1, 0.15) is 15.9 Å². The fourth-order valence-corrected chi connectivity index (χ4v) is 1.12. The molecule has 2 nitrogen and oxygen atoms in total. The first kappa shape index (κ1) is 14.0. The van der Waals surface area contributed by atoms with Crippen molar-refractivity contribution in [3.8, 4) is 6.07 Å². The standard InChI is InChI=1S/C10H3F6NO/c11-7-3-1-2-5(6(7)4-17)8(18)9(12,13)10(14,15)16/h1-3H. The second kappa shape index (κ2) is 4.33. The number of benzene rings is 1. The van der Waals surface area contributed by atoms with Crippen molar-refractivity contribution in [2.24, 2.45) is 0 Å². The van der Waals surface area contributed by atoms with Crippen LogP contribution in [0.2, 0.25) is 0 Å². The van der Waals surface area contributed by atoms with Crippen LogP contribution in [-0.4, -0.2) is 17.9 Å². The van der Waals surface area contributed by atoms with Gasteiger partial charge in [-0.1, -0.05) is 6.07 Å². The summed E-state index contributed by atoms with van der Waals surface area (Å²) in [5.74, 6) is -9.68. The van der Waals surface area contributed by atoms with Crippen LogP contribution in [-0.2, 0) is 0 Å². The molecule has 0 aromatic heterocycles. The van der Waals surface area contributed by atoms with E-state index in [9.17, 15) is 31.1 Å². The first-order valence-corrected chi connectivity index (χ1v) is 4.31. The maximum absolute atomic E-state index is 13.0. The van der Waals surface area contributed by atoms with Crippen molar-refractivity contribution >= 4 is 5.78 Å². The fourth-order valence-electron chi connectivity index (χ4n) is 1.12. The van der Waals surface area contributed by atoms with Crippen LogP contribution in [0.25, 0.3) is 0 Å². The molecule has 0 spiro atoms. The second-order valence-corrected chi connectivity index (χ2v) is 3.18. The first-order valence-electron chi connectivity index (χ1n) is 4.31. The van der Waals surface area contributed by atoms with E-state index in [1.165, 1.54) is 0 Å². The highest BCUT2D eigenvalue weighted by molar-refractivity contribution is 6.03. The lowest BCUT2D eigenvalue weighted by Crippen LogP contribution is -2.44. The zero-order valence-electron chi connectivity index (χ0n) is 8.36. The van der Waals surface area contributed by atoms with E-state index in [1.807, 2.05) is 0 Å². The number of hydrogen-bond donors (Lipinski definition) is 0. The van der Waals surface area contributed by atoms with E-state index in [-0.39, 0.29) is 0 Å². The average Bonchev–Trinajstić information content (AvgIpc) is 2.26. The number of halogens is 6. The largest absolute Gasteiger partial charge is 0.461 e. The van der Waals surface area contributed by atoms with Crippen LogP contribution in [0.5, 0.6) is 0 Å². The molecule has 0 aliphatic heterocycles. The Balaban J connectivity index is 3.38. The maximum Gasteiger partial charge on any atom is 0.461 e. The summed E-state index contributed by atoms with van der Waals surface area (Å²) in [6.45, 7) is 0. The van der Waals surface area contributed by atoms with Gasteiger partial charge in [-0.3, -0.25) is 4.79 Å². The Morgan fingerprint density at radius 2 is 1.72 bits per heavy atom. The monoisotopic (exact) mass is 267 g/mol. The molecule has 0 aliphatic carbocycles. The number of hydrogen-bond acceptors (Lipinski definition) is 2. The molecule has 0 saturated heterocycles. The van der Waals surface area contributed by atoms with Gasteiger partial charge in [0.2, 0.25) is 5.78 Å². The Morgan fingerprint density at radius 3 is 2.17 bits per heavy atom. The number of rotatable bonds is 2. The predicted octanol–water partition coefficient (Wildman–Crippen LogP) is 3.08. The van der Waals surface area contributed by atoms with Crippen molar-refractivity contribution in [1.82, 2.24) is 0 Å². The Kier molecular flexibility index (Phi) is 3.37. The predicted molar refractivity (Wildman–Crippen MR) is 46.4 cm³/mol. The minimum atomic E-state index is -6.11. The van der Waals surface area contributed by atoms with Crippen LogP contribution in [0.15, 0.2) is 18.2 Å². The van der Waals surface area contributed by atoms with Gasteiger partial charge in [-0.2, -0.15) is 27.2 Å². The topological polar surface area (TPSA) is 40.9 Å². The first-order chi connectivity index (χ1) is 8.13. The lowest BCUT2D eigenvalue weighted by Gasteiger charge is -2.18. The molecule has 96 valence electrons. The zero-order valence-corrected chi connectivity index (χ0v) is 8.36. The Hall–Kier alpha value is -2.04. The van der Waals surface area contributed by atoms with Gasteiger partial charge in [0, 0.05) is 5.56 Å².